The van der Waals surface area contributed by atoms with Gasteiger partial charge < -0.3 is 5.73 Å². The average Bonchev–Trinajstić information content (AvgIpc) is 2.74. The van der Waals surface area contributed by atoms with Gasteiger partial charge in [0.05, 0.1) is 0 Å². The highest BCUT2D eigenvalue weighted by atomic mass is 79.9. The van der Waals surface area contributed by atoms with Gasteiger partial charge in [0.15, 0.2) is 4.34 Å². The van der Waals surface area contributed by atoms with Crippen LogP contribution in [-0.2, 0) is 6.42 Å². The first-order valence-electron chi connectivity index (χ1n) is 5.13. The SMILES string of the molecule is CC(N)Cc1ccc(Sc2ncns2)cc1Br. The maximum absolute atomic E-state index is 5.80. The summed E-state index contributed by atoms with van der Waals surface area (Å²) >= 11 is 6.60. The van der Waals surface area contributed by atoms with Gasteiger partial charge in [-0.05, 0) is 42.6 Å². The number of benzene rings is 1. The number of rotatable bonds is 4. The van der Waals surface area contributed by atoms with Gasteiger partial charge in [-0.25, -0.2) is 4.98 Å². The van der Waals surface area contributed by atoms with Crippen LogP contribution in [0.4, 0.5) is 0 Å². The van der Waals surface area contributed by atoms with Gasteiger partial charge in [0.1, 0.15) is 6.33 Å². The van der Waals surface area contributed by atoms with E-state index in [4.69, 9.17) is 5.73 Å². The van der Waals surface area contributed by atoms with Gasteiger partial charge in [-0.2, -0.15) is 4.37 Å². The fourth-order valence-electron chi connectivity index (χ4n) is 1.41. The first-order valence-corrected chi connectivity index (χ1v) is 7.52. The quantitative estimate of drug-likeness (QED) is 0.934. The molecule has 1 aromatic heterocycles. The molecule has 6 heteroatoms. The van der Waals surface area contributed by atoms with E-state index in [1.165, 1.54) is 17.1 Å². The van der Waals surface area contributed by atoms with Gasteiger partial charge in [-0.3, -0.25) is 0 Å². The second-order valence-corrected chi connectivity index (χ2v) is 6.70. The zero-order chi connectivity index (χ0) is 12.3. The van der Waals surface area contributed by atoms with Crippen molar-refractivity contribution in [1.29, 1.82) is 0 Å². The molecule has 0 aliphatic carbocycles. The molecule has 1 heterocycles. The van der Waals surface area contributed by atoms with Crippen molar-refractivity contribution in [1.82, 2.24) is 9.36 Å². The molecule has 1 atom stereocenters. The summed E-state index contributed by atoms with van der Waals surface area (Å²) in [6, 6.07) is 6.47. The summed E-state index contributed by atoms with van der Waals surface area (Å²) in [7, 11) is 0. The Morgan fingerprint density at radius 1 is 1.53 bits per heavy atom. The van der Waals surface area contributed by atoms with E-state index in [0.29, 0.717) is 0 Å². The Morgan fingerprint density at radius 3 is 2.94 bits per heavy atom. The largest absolute Gasteiger partial charge is 0.328 e. The lowest BCUT2D eigenvalue weighted by molar-refractivity contribution is 0.735. The van der Waals surface area contributed by atoms with Gasteiger partial charge in [0.25, 0.3) is 0 Å². The van der Waals surface area contributed by atoms with E-state index in [9.17, 15) is 0 Å². The summed E-state index contributed by atoms with van der Waals surface area (Å²) < 4.78 is 6.04. The zero-order valence-corrected chi connectivity index (χ0v) is 12.5. The maximum Gasteiger partial charge on any atom is 0.174 e. The molecule has 2 N–H and O–H groups in total. The van der Waals surface area contributed by atoms with Crippen molar-refractivity contribution in [3.8, 4) is 0 Å². The van der Waals surface area contributed by atoms with E-state index in [1.54, 1.807) is 18.1 Å². The lowest BCUT2D eigenvalue weighted by Gasteiger charge is -2.08. The molecule has 0 amide bonds. The molecule has 0 radical (unpaired) electrons. The summed E-state index contributed by atoms with van der Waals surface area (Å²) in [6.45, 7) is 2.01. The number of hydrogen-bond acceptors (Lipinski definition) is 5. The van der Waals surface area contributed by atoms with Crippen LogP contribution in [0.2, 0.25) is 0 Å². The van der Waals surface area contributed by atoms with E-state index in [-0.39, 0.29) is 6.04 Å². The Morgan fingerprint density at radius 2 is 2.35 bits per heavy atom. The Hall–Kier alpha value is -0.430. The molecule has 0 saturated carbocycles. The van der Waals surface area contributed by atoms with Crippen molar-refractivity contribution in [3.63, 3.8) is 0 Å². The average molecular weight is 330 g/mol. The molecule has 0 saturated heterocycles. The van der Waals surface area contributed by atoms with Crippen molar-refractivity contribution >= 4 is 39.2 Å². The third-order valence-electron chi connectivity index (χ3n) is 2.11. The highest BCUT2D eigenvalue weighted by Crippen LogP contribution is 2.31. The van der Waals surface area contributed by atoms with Gasteiger partial charge in [-0.1, -0.05) is 33.8 Å². The minimum absolute atomic E-state index is 0.174. The molecule has 0 spiro atoms. The Bertz CT molecular complexity index is 485. The smallest absolute Gasteiger partial charge is 0.174 e. The van der Waals surface area contributed by atoms with E-state index >= 15 is 0 Å². The maximum atomic E-state index is 5.80. The minimum Gasteiger partial charge on any atom is -0.328 e. The van der Waals surface area contributed by atoms with Crippen LogP contribution in [0.1, 0.15) is 12.5 Å². The van der Waals surface area contributed by atoms with Gasteiger partial charge >= 0.3 is 0 Å². The second kappa shape index (κ2) is 5.95. The minimum atomic E-state index is 0.174. The molecule has 90 valence electrons. The molecule has 2 rings (SSSR count). The molecule has 17 heavy (non-hydrogen) atoms. The topological polar surface area (TPSA) is 51.8 Å². The normalized spacial score (nSPS) is 12.6. The van der Waals surface area contributed by atoms with Crippen molar-refractivity contribution < 1.29 is 0 Å². The van der Waals surface area contributed by atoms with Crippen molar-refractivity contribution in [3.05, 3.63) is 34.6 Å². The Labute approximate surface area is 117 Å². The molecule has 0 aliphatic rings. The molecular formula is C11H12BrN3S2. The van der Waals surface area contributed by atoms with E-state index in [0.717, 1.165) is 20.1 Å². The van der Waals surface area contributed by atoms with Crippen LogP contribution in [0.25, 0.3) is 0 Å². The Balaban J connectivity index is 2.13. The standard InChI is InChI=1S/C11H12BrN3S2/c1-7(13)4-8-2-3-9(5-10(8)12)16-11-14-6-15-17-11/h2-3,5-7H,4,13H2,1H3. The predicted molar refractivity (Wildman–Crippen MR) is 75.5 cm³/mol. The molecular weight excluding hydrogens is 318 g/mol. The monoisotopic (exact) mass is 329 g/mol. The number of nitrogens with zero attached hydrogens (tertiary/aromatic N) is 2. The highest BCUT2D eigenvalue weighted by Gasteiger charge is 2.06. The zero-order valence-electron chi connectivity index (χ0n) is 9.26. The number of hydrogen-bond donors (Lipinski definition) is 1. The van der Waals surface area contributed by atoms with Crippen LogP contribution in [-0.4, -0.2) is 15.4 Å². The van der Waals surface area contributed by atoms with Crippen LogP contribution >= 0.6 is 39.2 Å². The second-order valence-electron chi connectivity index (χ2n) is 3.74. The summed E-state index contributed by atoms with van der Waals surface area (Å²) in [5.74, 6) is 0. The number of aromatic nitrogens is 2. The lowest BCUT2D eigenvalue weighted by Crippen LogP contribution is -2.17. The fourth-order valence-corrected chi connectivity index (χ4v) is 3.56. The van der Waals surface area contributed by atoms with Gasteiger partial charge in [0, 0.05) is 15.4 Å². The van der Waals surface area contributed by atoms with E-state index < -0.39 is 0 Å². The fraction of sp³-hybridized carbons (Fsp3) is 0.273. The molecule has 2 aromatic rings. The highest BCUT2D eigenvalue weighted by molar-refractivity contribution is 9.10. The molecule has 3 nitrogen and oxygen atoms in total. The third kappa shape index (κ3) is 3.77. The van der Waals surface area contributed by atoms with Crippen LogP contribution in [0.3, 0.4) is 0 Å². The summed E-state index contributed by atoms with van der Waals surface area (Å²) in [5.41, 5.74) is 7.04. The van der Waals surface area contributed by atoms with E-state index in [2.05, 4.69) is 43.5 Å². The summed E-state index contributed by atoms with van der Waals surface area (Å²) in [5, 5.41) is 0. The first-order chi connectivity index (χ1) is 8.15. The van der Waals surface area contributed by atoms with Crippen molar-refractivity contribution in [2.24, 2.45) is 5.73 Å². The molecule has 0 bridgehead atoms. The summed E-state index contributed by atoms with van der Waals surface area (Å²) in [4.78, 5) is 5.30. The van der Waals surface area contributed by atoms with Crippen LogP contribution in [0.5, 0.6) is 0 Å². The van der Waals surface area contributed by atoms with Crippen LogP contribution < -0.4 is 5.73 Å². The van der Waals surface area contributed by atoms with Gasteiger partial charge in [-0.15, -0.1) is 0 Å². The summed E-state index contributed by atoms with van der Waals surface area (Å²) in [6.07, 6.45) is 2.46. The van der Waals surface area contributed by atoms with Gasteiger partial charge in [0.2, 0.25) is 0 Å². The van der Waals surface area contributed by atoms with Crippen LogP contribution in [0, 0.1) is 0 Å². The number of halogens is 1. The first kappa shape index (κ1) is 13.0. The molecule has 1 aromatic carbocycles. The predicted octanol–water partition coefficient (Wildman–Crippen LogP) is 3.34. The van der Waals surface area contributed by atoms with Crippen molar-refractivity contribution in [2.45, 2.75) is 28.6 Å². The lowest BCUT2D eigenvalue weighted by atomic mass is 10.1. The Kier molecular flexibility index (Phi) is 4.55. The van der Waals surface area contributed by atoms with Crippen LogP contribution in [0.15, 0.2) is 38.2 Å². The van der Waals surface area contributed by atoms with E-state index in [1.807, 2.05) is 6.92 Å². The number of nitrogens with two attached hydrogens (primary N) is 1. The third-order valence-corrected chi connectivity index (χ3v) is 4.56. The molecule has 0 fully saturated rings. The molecule has 1 unspecified atom stereocenters. The van der Waals surface area contributed by atoms with Crippen molar-refractivity contribution in [2.75, 3.05) is 0 Å². The molecule has 0 aliphatic heterocycles.